The smallest absolute Gasteiger partial charge is 0.434 e. The molecule has 2 aromatic carbocycles. The summed E-state index contributed by atoms with van der Waals surface area (Å²) < 4.78 is 54.6. The van der Waals surface area contributed by atoms with Gasteiger partial charge < -0.3 is 14.9 Å². The van der Waals surface area contributed by atoms with Crippen LogP contribution in [0.3, 0.4) is 0 Å². The van der Waals surface area contributed by atoms with Crippen molar-refractivity contribution in [3.8, 4) is 5.75 Å². The SMILES string of the molecule is COc1cc(Cl)ccc1NS(=O)(=O)[C@H](c1n[nH]c(=O)o1)[C@H](C)C(F)c1cccc(C(N)=O)c1. The van der Waals surface area contributed by atoms with Gasteiger partial charge in [0.05, 0.1) is 12.8 Å². The molecule has 0 saturated heterocycles. The Bertz CT molecular complexity index is 1330. The van der Waals surface area contributed by atoms with Crippen LogP contribution >= 0.6 is 11.6 Å². The number of carbonyl (C=O) groups excluding carboxylic acids is 1. The first-order valence-electron chi connectivity index (χ1n) is 9.48. The van der Waals surface area contributed by atoms with E-state index in [0.29, 0.717) is 5.02 Å². The van der Waals surface area contributed by atoms with E-state index in [4.69, 9.17) is 26.5 Å². The lowest BCUT2D eigenvalue weighted by atomic mass is 9.94. The fourth-order valence-corrected chi connectivity index (χ4v) is 5.12. The van der Waals surface area contributed by atoms with Crippen molar-refractivity contribution in [2.24, 2.45) is 11.7 Å². The van der Waals surface area contributed by atoms with Crippen LogP contribution < -0.4 is 20.9 Å². The van der Waals surface area contributed by atoms with E-state index in [-0.39, 0.29) is 22.6 Å². The van der Waals surface area contributed by atoms with Gasteiger partial charge in [0.1, 0.15) is 11.9 Å². The normalized spacial score (nSPS) is 14.3. The van der Waals surface area contributed by atoms with Crippen molar-refractivity contribution in [1.82, 2.24) is 10.2 Å². The van der Waals surface area contributed by atoms with Crippen molar-refractivity contribution in [3.05, 3.63) is 75.1 Å². The fraction of sp³-hybridized carbons (Fsp3) is 0.250. The van der Waals surface area contributed by atoms with E-state index in [1.807, 2.05) is 5.10 Å². The summed E-state index contributed by atoms with van der Waals surface area (Å²) in [5.41, 5.74) is 5.35. The number of sulfonamides is 1. The molecule has 33 heavy (non-hydrogen) atoms. The number of nitrogens with one attached hydrogen (secondary N) is 2. The van der Waals surface area contributed by atoms with Gasteiger partial charge in [0.15, 0.2) is 5.25 Å². The summed E-state index contributed by atoms with van der Waals surface area (Å²) in [5.74, 6) is -3.52. The van der Waals surface area contributed by atoms with Crippen molar-refractivity contribution >= 4 is 33.2 Å². The minimum absolute atomic E-state index is 0.0148. The zero-order valence-corrected chi connectivity index (χ0v) is 19.0. The molecule has 0 aliphatic carbocycles. The molecule has 10 nitrogen and oxygen atoms in total. The molecule has 1 aromatic heterocycles. The number of rotatable bonds is 9. The molecule has 13 heteroatoms. The molecule has 0 radical (unpaired) electrons. The van der Waals surface area contributed by atoms with Gasteiger partial charge in [0.25, 0.3) is 0 Å². The molecule has 4 N–H and O–H groups in total. The zero-order chi connectivity index (χ0) is 24.3. The molecule has 1 heterocycles. The number of halogens is 2. The number of aromatic nitrogens is 2. The van der Waals surface area contributed by atoms with Gasteiger partial charge in [-0.3, -0.25) is 9.52 Å². The highest BCUT2D eigenvalue weighted by Crippen LogP contribution is 2.41. The lowest BCUT2D eigenvalue weighted by Gasteiger charge is -2.25. The quantitative estimate of drug-likeness (QED) is 0.409. The van der Waals surface area contributed by atoms with Crippen LogP contribution in [0.4, 0.5) is 10.1 Å². The van der Waals surface area contributed by atoms with Crippen LogP contribution in [0.1, 0.15) is 40.2 Å². The van der Waals surface area contributed by atoms with E-state index in [1.54, 1.807) is 0 Å². The fourth-order valence-electron chi connectivity index (χ4n) is 3.29. The highest BCUT2D eigenvalue weighted by Gasteiger charge is 2.42. The molecule has 3 rings (SSSR count). The van der Waals surface area contributed by atoms with Gasteiger partial charge in [-0.1, -0.05) is 30.7 Å². The average Bonchev–Trinajstić information content (AvgIpc) is 3.19. The number of primary amides is 1. The average molecular weight is 499 g/mol. The molecular weight excluding hydrogens is 479 g/mol. The zero-order valence-electron chi connectivity index (χ0n) is 17.4. The number of carbonyl (C=O) groups is 1. The summed E-state index contributed by atoms with van der Waals surface area (Å²) in [4.78, 5) is 23.0. The first-order valence-corrected chi connectivity index (χ1v) is 11.4. The summed E-state index contributed by atoms with van der Waals surface area (Å²) in [6.07, 6.45) is -1.90. The maximum absolute atomic E-state index is 15.5. The Morgan fingerprint density at radius 2 is 2.03 bits per heavy atom. The number of hydrogen-bond acceptors (Lipinski definition) is 7. The Morgan fingerprint density at radius 1 is 1.30 bits per heavy atom. The number of alkyl halides is 1. The molecule has 0 aliphatic rings. The Morgan fingerprint density at radius 3 is 2.64 bits per heavy atom. The Labute approximate surface area is 192 Å². The maximum Gasteiger partial charge on any atom is 0.434 e. The topological polar surface area (TPSA) is 157 Å². The van der Waals surface area contributed by atoms with Crippen LogP contribution in [0.2, 0.25) is 5.02 Å². The molecule has 3 atom stereocenters. The molecule has 0 aliphatic heterocycles. The minimum Gasteiger partial charge on any atom is -0.495 e. The Balaban J connectivity index is 2.04. The van der Waals surface area contributed by atoms with Gasteiger partial charge in [-0.05, 0) is 29.8 Å². The number of ether oxygens (including phenoxy) is 1. The molecule has 0 fully saturated rings. The molecule has 0 spiro atoms. The van der Waals surface area contributed by atoms with Gasteiger partial charge in [0, 0.05) is 22.6 Å². The lowest BCUT2D eigenvalue weighted by Crippen LogP contribution is -2.29. The monoisotopic (exact) mass is 498 g/mol. The number of aromatic amines is 1. The van der Waals surface area contributed by atoms with E-state index in [0.717, 1.165) is 0 Å². The number of H-pyrrole nitrogens is 1. The minimum atomic E-state index is -4.46. The highest BCUT2D eigenvalue weighted by atomic mass is 35.5. The summed E-state index contributed by atoms with van der Waals surface area (Å²) in [6.45, 7) is 1.30. The molecular formula is C20H20ClFN4O6S. The number of anilines is 1. The number of nitrogens with zero attached hydrogens (tertiary/aromatic N) is 1. The second kappa shape index (κ2) is 9.63. The predicted molar refractivity (Wildman–Crippen MR) is 118 cm³/mol. The van der Waals surface area contributed by atoms with Gasteiger partial charge >= 0.3 is 5.76 Å². The summed E-state index contributed by atoms with van der Waals surface area (Å²) in [7, 11) is -3.14. The van der Waals surface area contributed by atoms with Gasteiger partial charge in [-0.25, -0.2) is 22.7 Å². The largest absolute Gasteiger partial charge is 0.495 e. The van der Waals surface area contributed by atoms with Crippen molar-refractivity contribution in [1.29, 1.82) is 0 Å². The number of methoxy groups -OCH3 is 1. The third-order valence-electron chi connectivity index (χ3n) is 4.88. The van der Waals surface area contributed by atoms with Crippen LogP contribution in [0.15, 0.2) is 51.7 Å². The van der Waals surface area contributed by atoms with Crippen molar-refractivity contribution in [2.75, 3.05) is 11.8 Å². The van der Waals surface area contributed by atoms with Crippen LogP contribution in [-0.2, 0) is 10.0 Å². The van der Waals surface area contributed by atoms with Crippen LogP contribution in [0, 0.1) is 5.92 Å². The van der Waals surface area contributed by atoms with Crippen molar-refractivity contribution in [2.45, 2.75) is 18.3 Å². The highest BCUT2D eigenvalue weighted by molar-refractivity contribution is 7.93. The van der Waals surface area contributed by atoms with Crippen LogP contribution in [0.5, 0.6) is 5.75 Å². The van der Waals surface area contributed by atoms with Crippen LogP contribution in [0.25, 0.3) is 0 Å². The van der Waals surface area contributed by atoms with Gasteiger partial charge in [0.2, 0.25) is 21.8 Å². The number of amides is 1. The summed E-state index contributed by atoms with van der Waals surface area (Å²) in [6, 6.07) is 9.62. The third kappa shape index (κ3) is 5.34. The first kappa shape index (κ1) is 24.3. The third-order valence-corrected chi connectivity index (χ3v) is 6.92. The van der Waals surface area contributed by atoms with Crippen LogP contribution in [-0.4, -0.2) is 31.6 Å². The Kier molecular flexibility index (Phi) is 7.08. The number of nitrogens with two attached hydrogens (primary N) is 1. The second-order valence-corrected chi connectivity index (χ2v) is 9.35. The van der Waals surface area contributed by atoms with Crippen molar-refractivity contribution < 1.29 is 26.8 Å². The first-order chi connectivity index (χ1) is 15.5. The standard InChI is InChI=1S/C20H20ClFN4O6S/c1-10(16(22)11-4-3-5-12(8-11)18(23)27)17(19-24-25-20(28)32-19)33(29,30)26-14-7-6-13(21)9-15(14)31-2/h3-10,16-17,26H,1-2H3,(H2,23,27)(H,25,28)/t10-,16?,17+/m1/s1. The summed E-state index contributed by atoms with van der Waals surface area (Å²) >= 11 is 5.92. The lowest BCUT2D eigenvalue weighted by molar-refractivity contribution is 0.1000. The number of hydrogen-bond donors (Lipinski definition) is 3. The molecule has 1 unspecified atom stereocenters. The van der Waals surface area contributed by atoms with Crippen molar-refractivity contribution in [3.63, 3.8) is 0 Å². The maximum atomic E-state index is 15.5. The van der Waals surface area contributed by atoms with E-state index in [2.05, 4.69) is 9.82 Å². The Hall–Kier alpha value is -3.38. The van der Waals surface area contributed by atoms with E-state index >= 15 is 4.39 Å². The molecule has 0 saturated carbocycles. The molecule has 3 aromatic rings. The predicted octanol–water partition coefficient (Wildman–Crippen LogP) is 2.95. The van der Waals surface area contributed by atoms with E-state index in [1.165, 1.54) is 56.5 Å². The van der Waals surface area contributed by atoms with Gasteiger partial charge in [-0.2, -0.15) is 0 Å². The summed E-state index contributed by atoms with van der Waals surface area (Å²) in [5, 5.41) is 4.15. The number of benzene rings is 2. The van der Waals surface area contributed by atoms with E-state index in [9.17, 15) is 18.0 Å². The molecule has 176 valence electrons. The molecule has 0 bridgehead atoms. The van der Waals surface area contributed by atoms with Gasteiger partial charge in [-0.15, -0.1) is 5.10 Å². The second-order valence-electron chi connectivity index (χ2n) is 7.11. The van der Waals surface area contributed by atoms with E-state index < -0.39 is 44.9 Å². The molecule has 1 amide bonds.